The Morgan fingerprint density at radius 3 is 2.85 bits per heavy atom. The molecule has 1 radical (unpaired) electrons. The van der Waals surface area contributed by atoms with Gasteiger partial charge in [0.05, 0.1) is 11.5 Å². The van der Waals surface area contributed by atoms with Crippen LogP contribution in [0.3, 0.4) is 0 Å². The standard InChI is InChI=1S/C9H10NO3/c1-7(6-11)8-3-2-4-9(5-8)10(12)13/h2-5,11H,6H2,1H3. The lowest BCUT2D eigenvalue weighted by Crippen LogP contribution is -2.00. The number of benzene rings is 1. The van der Waals surface area contributed by atoms with Gasteiger partial charge >= 0.3 is 0 Å². The van der Waals surface area contributed by atoms with E-state index in [0.29, 0.717) is 5.56 Å². The van der Waals surface area contributed by atoms with Gasteiger partial charge < -0.3 is 5.11 Å². The molecule has 0 aromatic heterocycles. The average Bonchev–Trinajstić information content (AvgIpc) is 2.17. The fraction of sp³-hybridized carbons (Fsp3) is 0.222. The monoisotopic (exact) mass is 180 g/mol. The second kappa shape index (κ2) is 4.00. The Balaban J connectivity index is 2.98. The van der Waals surface area contributed by atoms with Gasteiger partial charge in [-0.15, -0.1) is 0 Å². The Morgan fingerprint density at radius 2 is 2.31 bits per heavy atom. The fourth-order valence-electron chi connectivity index (χ4n) is 0.976. The summed E-state index contributed by atoms with van der Waals surface area (Å²) in [6.45, 7) is 1.65. The second-order valence-electron chi connectivity index (χ2n) is 2.75. The van der Waals surface area contributed by atoms with Crippen molar-refractivity contribution in [1.29, 1.82) is 0 Å². The summed E-state index contributed by atoms with van der Waals surface area (Å²) in [5.41, 5.74) is 0.752. The molecule has 0 amide bonds. The molecule has 0 atom stereocenters. The zero-order valence-electron chi connectivity index (χ0n) is 7.23. The lowest BCUT2D eigenvalue weighted by Gasteiger charge is -2.05. The molecule has 0 saturated heterocycles. The van der Waals surface area contributed by atoms with Crippen molar-refractivity contribution in [2.45, 2.75) is 6.92 Å². The molecule has 0 aliphatic heterocycles. The van der Waals surface area contributed by atoms with E-state index in [-0.39, 0.29) is 12.3 Å². The number of nitro groups is 1. The first-order valence-electron chi connectivity index (χ1n) is 3.83. The molecule has 0 bridgehead atoms. The van der Waals surface area contributed by atoms with Crippen LogP contribution in [0.5, 0.6) is 0 Å². The number of rotatable bonds is 3. The normalized spacial score (nSPS) is 10.4. The van der Waals surface area contributed by atoms with Gasteiger partial charge in [0, 0.05) is 18.1 Å². The molecule has 1 N–H and O–H groups in total. The number of hydrogen-bond donors (Lipinski definition) is 1. The minimum Gasteiger partial charge on any atom is -0.395 e. The van der Waals surface area contributed by atoms with Gasteiger partial charge in [-0.1, -0.05) is 19.1 Å². The van der Waals surface area contributed by atoms with E-state index in [2.05, 4.69) is 0 Å². The molecule has 69 valence electrons. The molecule has 1 aromatic carbocycles. The van der Waals surface area contributed by atoms with E-state index in [1.807, 2.05) is 0 Å². The molecular weight excluding hydrogens is 170 g/mol. The van der Waals surface area contributed by atoms with Crippen LogP contribution in [0.1, 0.15) is 12.5 Å². The lowest BCUT2D eigenvalue weighted by atomic mass is 10.0. The van der Waals surface area contributed by atoms with Crippen LogP contribution in [-0.2, 0) is 0 Å². The van der Waals surface area contributed by atoms with E-state index in [0.717, 1.165) is 5.92 Å². The molecule has 0 aliphatic rings. The van der Waals surface area contributed by atoms with Crippen molar-refractivity contribution in [2.24, 2.45) is 0 Å². The van der Waals surface area contributed by atoms with Gasteiger partial charge in [-0.2, -0.15) is 0 Å². The quantitative estimate of drug-likeness (QED) is 0.566. The third kappa shape index (κ3) is 2.26. The van der Waals surface area contributed by atoms with Gasteiger partial charge in [-0.3, -0.25) is 10.1 Å². The Morgan fingerprint density at radius 1 is 1.62 bits per heavy atom. The molecule has 0 heterocycles. The van der Waals surface area contributed by atoms with Crippen LogP contribution in [0, 0.1) is 16.0 Å². The SMILES string of the molecule is C[C](CO)c1cccc([N+](=O)[O-])c1. The van der Waals surface area contributed by atoms with Crippen molar-refractivity contribution in [3.63, 3.8) is 0 Å². The summed E-state index contributed by atoms with van der Waals surface area (Å²) in [5.74, 6) is 0.726. The molecule has 4 nitrogen and oxygen atoms in total. The minimum atomic E-state index is -0.450. The molecule has 0 saturated carbocycles. The number of nitrogens with zero attached hydrogens (tertiary/aromatic N) is 1. The Hall–Kier alpha value is -1.42. The van der Waals surface area contributed by atoms with Gasteiger partial charge in [0.1, 0.15) is 0 Å². The number of non-ortho nitro benzene ring substituents is 1. The van der Waals surface area contributed by atoms with Gasteiger partial charge in [0.2, 0.25) is 0 Å². The van der Waals surface area contributed by atoms with Crippen LogP contribution < -0.4 is 0 Å². The highest BCUT2D eigenvalue weighted by molar-refractivity contribution is 5.40. The first kappa shape index (κ1) is 9.67. The smallest absolute Gasteiger partial charge is 0.269 e. The first-order valence-corrected chi connectivity index (χ1v) is 3.83. The van der Waals surface area contributed by atoms with E-state index in [1.54, 1.807) is 19.1 Å². The highest BCUT2D eigenvalue weighted by atomic mass is 16.6. The van der Waals surface area contributed by atoms with Crippen LogP contribution in [0.25, 0.3) is 0 Å². The summed E-state index contributed by atoms with van der Waals surface area (Å²) in [4.78, 5) is 9.95. The van der Waals surface area contributed by atoms with E-state index in [9.17, 15) is 10.1 Å². The highest BCUT2D eigenvalue weighted by Crippen LogP contribution is 2.19. The summed E-state index contributed by atoms with van der Waals surface area (Å²) in [6.07, 6.45) is 0. The maximum atomic E-state index is 10.4. The van der Waals surface area contributed by atoms with Gasteiger partial charge in [0.25, 0.3) is 5.69 Å². The lowest BCUT2D eigenvalue weighted by molar-refractivity contribution is -0.384. The number of aliphatic hydroxyl groups excluding tert-OH is 1. The van der Waals surface area contributed by atoms with E-state index in [4.69, 9.17) is 5.11 Å². The largest absolute Gasteiger partial charge is 0.395 e. The van der Waals surface area contributed by atoms with E-state index in [1.165, 1.54) is 12.1 Å². The average molecular weight is 180 g/mol. The van der Waals surface area contributed by atoms with Crippen LogP contribution in [0.15, 0.2) is 24.3 Å². The fourth-order valence-corrected chi connectivity index (χ4v) is 0.976. The van der Waals surface area contributed by atoms with Crippen LogP contribution in [-0.4, -0.2) is 16.6 Å². The summed E-state index contributed by atoms with van der Waals surface area (Å²) < 4.78 is 0. The molecule has 4 heteroatoms. The summed E-state index contributed by atoms with van der Waals surface area (Å²) >= 11 is 0. The third-order valence-corrected chi connectivity index (χ3v) is 1.79. The summed E-state index contributed by atoms with van der Waals surface area (Å²) in [5, 5.41) is 19.2. The zero-order valence-corrected chi connectivity index (χ0v) is 7.23. The van der Waals surface area contributed by atoms with Crippen molar-refractivity contribution < 1.29 is 10.0 Å². The molecule has 0 aliphatic carbocycles. The van der Waals surface area contributed by atoms with Crippen molar-refractivity contribution in [1.82, 2.24) is 0 Å². The van der Waals surface area contributed by atoms with E-state index >= 15 is 0 Å². The van der Waals surface area contributed by atoms with Crippen LogP contribution >= 0.6 is 0 Å². The van der Waals surface area contributed by atoms with Crippen LogP contribution in [0.2, 0.25) is 0 Å². The van der Waals surface area contributed by atoms with Crippen LogP contribution in [0.4, 0.5) is 5.69 Å². The van der Waals surface area contributed by atoms with Crippen molar-refractivity contribution >= 4 is 5.69 Å². The summed E-state index contributed by atoms with van der Waals surface area (Å²) in [7, 11) is 0. The van der Waals surface area contributed by atoms with Gasteiger partial charge in [-0.25, -0.2) is 0 Å². The summed E-state index contributed by atoms with van der Waals surface area (Å²) in [6, 6.07) is 6.21. The molecule has 0 fully saturated rings. The van der Waals surface area contributed by atoms with Crippen molar-refractivity contribution in [3.8, 4) is 0 Å². The topological polar surface area (TPSA) is 63.4 Å². The Labute approximate surface area is 76.0 Å². The Bertz CT molecular complexity index is 311. The van der Waals surface area contributed by atoms with Crippen molar-refractivity contribution in [2.75, 3.05) is 6.61 Å². The maximum absolute atomic E-state index is 10.4. The van der Waals surface area contributed by atoms with Gasteiger partial charge in [-0.05, 0) is 5.56 Å². The zero-order chi connectivity index (χ0) is 9.84. The number of aliphatic hydroxyl groups is 1. The van der Waals surface area contributed by atoms with Gasteiger partial charge in [0.15, 0.2) is 0 Å². The predicted octanol–water partition coefficient (Wildman–Crippen LogP) is 1.53. The molecule has 0 unspecified atom stereocenters. The second-order valence-corrected chi connectivity index (χ2v) is 2.75. The molecule has 13 heavy (non-hydrogen) atoms. The van der Waals surface area contributed by atoms with E-state index < -0.39 is 4.92 Å². The minimum absolute atomic E-state index is 0.0466. The van der Waals surface area contributed by atoms with Crippen molar-refractivity contribution in [3.05, 3.63) is 45.9 Å². The highest BCUT2D eigenvalue weighted by Gasteiger charge is 2.09. The Kier molecular flexibility index (Phi) is 2.97. The molecule has 1 rings (SSSR count). The number of nitro benzene ring substituents is 1. The first-order chi connectivity index (χ1) is 6.15. The number of hydrogen-bond acceptors (Lipinski definition) is 3. The predicted molar refractivity (Wildman–Crippen MR) is 48.2 cm³/mol. The molecule has 1 aromatic rings. The molecular formula is C9H10NO3. The third-order valence-electron chi connectivity index (χ3n) is 1.79. The maximum Gasteiger partial charge on any atom is 0.269 e. The molecule has 0 spiro atoms.